The van der Waals surface area contributed by atoms with Crippen molar-refractivity contribution in [3.63, 3.8) is 0 Å². The number of carbonyl (C=O) groups excluding carboxylic acids is 2. The predicted molar refractivity (Wildman–Crippen MR) is 77.9 cm³/mol. The van der Waals surface area contributed by atoms with Gasteiger partial charge < -0.3 is 15.3 Å². The minimum absolute atomic E-state index is 0.0985. The number of benzene rings is 1. The number of hydrogen-bond acceptors (Lipinski definition) is 3. The van der Waals surface area contributed by atoms with E-state index >= 15 is 0 Å². The van der Waals surface area contributed by atoms with Crippen LogP contribution in [0.2, 0.25) is 0 Å². The molecule has 0 heterocycles. The van der Waals surface area contributed by atoms with Crippen LogP contribution in [0.5, 0.6) is 0 Å². The Balaban J connectivity index is 2.60. The number of aliphatic carboxylic acids is 1. The van der Waals surface area contributed by atoms with Gasteiger partial charge >= 0.3 is 5.97 Å². The zero-order valence-electron chi connectivity index (χ0n) is 12.0. The Kier molecular flexibility index (Phi) is 6.94. The smallest absolute Gasteiger partial charge is 0.305 e. The summed E-state index contributed by atoms with van der Waals surface area (Å²) in [6.07, 6.45) is 0.483. The van der Waals surface area contributed by atoms with Crippen LogP contribution in [0, 0.1) is 0 Å². The van der Waals surface area contributed by atoms with Crippen LogP contribution in [0.4, 0.5) is 0 Å². The Labute approximate surface area is 123 Å². The van der Waals surface area contributed by atoms with Gasteiger partial charge in [0.05, 0.1) is 6.42 Å². The SMILES string of the molecule is CC(=O)NCCCN(CCC(=O)O)C(=O)c1ccccc1. The fourth-order valence-electron chi connectivity index (χ4n) is 1.84. The Morgan fingerprint density at radius 2 is 1.81 bits per heavy atom. The molecule has 0 bridgehead atoms. The molecule has 0 atom stereocenters. The van der Waals surface area contributed by atoms with E-state index in [-0.39, 0.29) is 24.8 Å². The normalized spacial score (nSPS) is 9.95. The highest BCUT2D eigenvalue weighted by Crippen LogP contribution is 2.06. The molecular weight excluding hydrogens is 272 g/mol. The maximum absolute atomic E-state index is 12.3. The molecule has 2 N–H and O–H groups in total. The third-order valence-corrected chi connectivity index (χ3v) is 2.88. The molecule has 21 heavy (non-hydrogen) atoms. The first-order valence-corrected chi connectivity index (χ1v) is 6.81. The molecule has 0 radical (unpaired) electrons. The zero-order chi connectivity index (χ0) is 15.7. The second-order valence-electron chi connectivity index (χ2n) is 4.64. The molecule has 6 heteroatoms. The summed E-state index contributed by atoms with van der Waals surface area (Å²) < 4.78 is 0. The molecule has 0 aliphatic carbocycles. The van der Waals surface area contributed by atoms with E-state index < -0.39 is 5.97 Å². The maximum atomic E-state index is 12.3. The van der Waals surface area contributed by atoms with Gasteiger partial charge in [0.25, 0.3) is 5.91 Å². The summed E-state index contributed by atoms with van der Waals surface area (Å²) in [5, 5.41) is 11.4. The van der Waals surface area contributed by atoms with E-state index in [1.807, 2.05) is 6.07 Å². The predicted octanol–water partition coefficient (Wildman–Crippen LogP) is 1.13. The Morgan fingerprint density at radius 3 is 2.38 bits per heavy atom. The van der Waals surface area contributed by atoms with Crippen molar-refractivity contribution >= 4 is 17.8 Å². The van der Waals surface area contributed by atoms with Gasteiger partial charge in [-0.1, -0.05) is 18.2 Å². The first kappa shape index (κ1) is 16.7. The quantitative estimate of drug-likeness (QED) is 0.703. The lowest BCUT2D eigenvalue weighted by Gasteiger charge is -2.22. The van der Waals surface area contributed by atoms with Crippen LogP contribution in [0.1, 0.15) is 30.1 Å². The molecule has 1 aromatic rings. The monoisotopic (exact) mass is 292 g/mol. The van der Waals surface area contributed by atoms with Crippen LogP contribution in [-0.4, -0.2) is 47.4 Å². The molecule has 0 saturated heterocycles. The number of carboxylic acids is 1. The molecule has 1 aromatic carbocycles. The topological polar surface area (TPSA) is 86.7 Å². The van der Waals surface area contributed by atoms with E-state index in [4.69, 9.17) is 5.11 Å². The van der Waals surface area contributed by atoms with Crippen LogP contribution in [0.25, 0.3) is 0 Å². The van der Waals surface area contributed by atoms with Crippen LogP contribution < -0.4 is 5.32 Å². The van der Waals surface area contributed by atoms with Gasteiger partial charge in [-0.2, -0.15) is 0 Å². The highest BCUT2D eigenvalue weighted by atomic mass is 16.4. The van der Waals surface area contributed by atoms with E-state index in [2.05, 4.69) is 5.32 Å². The van der Waals surface area contributed by atoms with Crippen molar-refractivity contribution in [2.45, 2.75) is 19.8 Å². The molecule has 6 nitrogen and oxygen atoms in total. The molecule has 0 saturated carbocycles. The van der Waals surface area contributed by atoms with Gasteiger partial charge in [-0.25, -0.2) is 0 Å². The summed E-state index contributed by atoms with van der Waals surface area (Å²) in [6.45, 7) is 2.45. The van der Waals surface area contributed by atoms with Crippen molar-refractivity contribution in [1.82, 2.24) is 10.2 Å². The zero-order valence-corrected chi connectivity index (χ0v) is 12.0. The van der Waals surface area contributed by atoms with Gasteiger partial charge in [0.15, 0.2) is 0 Å². The molecule has 0 fully saturated rings. The summed E-state index contributed by atoms with van der Waals surface area (Å²) in [5.41, 5.74) is 0.530. The molecule has 1 rings (SSSR count). The lowest BCUT2D eigenvalue weighted by molar-refractivity contribution is -0.137. The third-order valence-electron chi connectivity index (χ3n) is 2.88. The number of nitrogens with zero attached hydrogens (tertiary/aromatic N) is 1. The standard InChI is InChI=1S/C15H20N2O4/c1-12(18)16-9-5-10-17(11-8-14(19)20)15(21)13-6-3-2-4-7-13/h2-4,6-7H,5,8-11H2,1H3,(H,16,18)(H,19,20). The number of amides is 2. The maximum Gasteiger partial charge on any atom is 0.305 e. The van der Waals surface area contributed by atoms with Gasteiger partial charge in [-0.3, -0.25) is 14.4 Å². The summed E-state index contributed by atoms with van der Waals surface area (Å²) in [7, 11) is 0. The first-order chi connectivity index (χ1) is 10.0. The minimum Gasteiger partial charge on any atom is -0.481 e. The van der Waals surface area contributed by atoms with E-state index in [9.17, 15) is 14.4 Å². The summed E-state index contributed by atoms with van der Waals surface area (Å²) in [5.74, 6) is -1.26. The van der Waals surface area contributed by atoms with E-state index in [1.54, 1.807) is 24.3 Å². The van der Waals surface area contributed by atoms with Gasteiger partial charge in [-0.15, -0.1) is 0 Å². The van der Waals surface area contributed by atoms with E-state index in [0.29, 0.717) is 25.1 Å². The van der Waals surface area contributed by atoms with Crippen molar-refractivity contribution < 1.29 is 19.5 Å². The van der Waals surface area contributed by atoms with Crippen molar-refractivity contribution in [2.75, 3.05) is 19.6 Å². The second-order valence-corrected chi connectivity index (χ2v) is 4.64. The largest absolute Gasteiger partial charge is 0.481 e. The van der Waals surface area contributed by atoms with E-state index in [0.717, 1.165) is 0 Å². The molecule has 2 amide bonds. The first-order valence-electron chi connectivity index (χ1n) is 6.81. The Bertz CT molecular complexity index is 488. The lowest BCUT2D eigenvalue weighted by Crippen LogP contribution is -2.35. The summed E-state index contributed by atoms with van der Waals surface area (Å²) in [6, 6.07) is 8.74. The van der Waals surface area contributed by atoms with Gasteiger partial charge in [0.1, 0.15) is 0 Å². The average Bonchev–Trinajstić information content (AvgIpc) is 2.46. The van der Waals surface area contributed by atoms with Crippen LogP contribution in [-0.2, 0) is 9.59 Å². The van der Waals surface area contributed by atoms with Crippen LogP contribution >= 0.6 is 0 Å². The molecular formula is C15H20N2O4. The molecule has 0 aliphatic heterocycles. The van der Waals surface area contributed by atoms with Crippen molar-refractivity contribution in [3.8, 4) is 0 Å². The van der Waals surface area contributed by atoms with Crippen molar-refractivity contribution in [1.29, 1.82) is 0 Å². The molecule has 0 aromatic heterocycles. The highest BCUT2D eigenvalue weighted by molar-refractivity contribution is 5.94. The number of rotatable bonds is 8. The van der Waals surface area contributed by atoms with Crippen LogP contribution in [0.3, 0.4) is 0 Å². The highest BCUT2D eigenvalue weighted by Gasteiger charge is 2.16. The number of nitrogens with one attached hydrogen (secondary N) is 1. The number of hydrogen-bond donors (Lipinski definition) is 2. The van der Waals surface area contributed by atoms with Crippen molar-refractivity contribution in [2.24, 2.45) is 0 Å². The molecule has 0 aliphatic rings. The Morgan fingerprint density at radius 1 is 1.14 bits per heavy atom. The van der Waals surface area contributed by atoms with Crippen molar-refractivity contribution in [3.05, 3.63) is 35.9 Å². The fourth-order valence-corrected chi connectivity index (χ4v) is 1.84. The molecule has 0 unspecified atom stereocenters. The second kappa shape index (κ2) is 8.73. The summed E-state index contributed by atoms with van der Waals surface area (Å²) >= 11 is 0. The number of carboxylic acid groups (broad SMARTS) is 1. The average molecular weight is 292 g/mol. The van der Waals surface area contributed by atoms with Gasteiger partial charge in [-0.05, 0) is 18.6 Å². The van der Waals surface area contributed by atoms with Gasteiger partial charge in [0, 0.05) is 32.1 Å². The summed E-state index contributed by atoms with van der Waals surface area (Å²) in [4.78, 5) is 35.3. The fraction of sp³-hybridized carbons (Fsp3) is 0.400. The molecule has 0 spiro atoms. The lowest BCUT2D eigenvalue weighted by atomic mass is 10.2. The Hall–Kier alpha value is -2.37. The van der Waals surface area contributed by atoms with E-state index in [1.165, 1.54) is 11.8 Å². The number of carbonyl (C=O) groups is 3. The molecule has 114 valence electrons. The van der Waals surface area contributed by atoms with Gasteiger partial charge in [0.2, 0.25) is 5.91 Å². The third kappa shape index (κ3) is 6.56. The minimum atomic E-state index is -0.942. The van der Waals surface area contributed by atoms with Crippen LogP contribution in [0.15, 0.2) is 30.3 Å².